The van der Waals surface area contributed by atoms with Crippen molar-refractivity contribution in [1.82, 2.24) is 5.32 Å². The first-order valence-corrected chi connectivity index (χ1v) is 3.18. The van der Waals surface area contributed by atoms with E-state index in [1.54, 1.807) is 0 Å². The molecule has 1 fully saturated rings. The Balaban J connectivity index is 0.000000490. The Morgan fingerprint density at radius 1 is 1.50 bits per heavy atom. The largest absolute Gasteiger partial charge is 0.315 e. The average Bonchev–Trinajstić information content (AvgIpc) is 1.69. The molecule has 0 saturated carbocycles. The number of nitrogens with one attached hydrogen (secondary N) is 1. The number of rotatable bonds is 0. The SMILES string of the molecule is Cl.ClC1CCCNC1. The normalized spacial score (nSPS) is 28.9. The third-order valence-corrected chi connectivity index (χ3v) is 1.61. The second-order valence-electron chi connectivity index (χ2n) is 1.94. The molecule has 3 heteroatoms. The van der Waals surface area contributed by atoms with Crippen molar-refractivity contribution < 1.29 is 0 Å². The molecule has 1 aliphatic rings. The summed E-state index contributed by atoms with van der Waals surface area (Å²) in [6.07, 6.45) is 2.43. The van der Waals surface area contributed by atoms with Crippen LogP contribution in [0.25, 0.3) is 0 Å². The number of hydrogen-bond acceptors (Lipinski definition) is 1. The van der Waals surface area contributed by atoms with Gasteiger partial charge in [0, 0.05) is 11.9 Å². The molecule has 1 atom stereocenters. The smallest absolute Gasteiger partial charge is 0.0461 e. The van der Waals surface area contributed by atoms with E-state index in [1.165, 1.54) is 12.8 Å². The van der Waals surface area contributed by atoms with Gasteiger partial charge in [-0.2, -0.15) is 0 Å². The van der Waals surface area contributed by atoms with Crippen molar-refractivity contribution in [3.8, 4) is 0 Å². The number of hydrogen-bond donors (Lipinski definition) is 1. The van der Waals surface area contributed by atoms with Gasteiger partial charge < -0.3 is 5.32 Å². The van der Waals surface area contributed by atoms with E-state index in [1.807, 2.05) is 0 Å². The van der Waals surface area contributed by atoms with Crippen molar-refractivity contribution in [1.29, 1.82) is 0 Å². The molecule has 1 unspecified atom stereocenters. The highest BCUT2D eigenvalue weighted by molar-refractivity contribution is 6.20. The summed E-state index contributed by atoms with van der Waals surface area (Å²) in [4.78, 5) is 0. The fraction of sp³-hybridized carbons (Fsp3) is 1.00. The minimum atomic E-state index is 0. The Bertz CT molecular complexity index is 52.4. The molecule has 0 aromatic heterocycles. The highest BCUT2D eigenvalue weighted by atomic mass is 35.5. The predicted octanol–water partition coefficient (Wildman–Crippen LogP) is 1.40. The first-order chi connectivity index (χ1) is 3.39. The molecule has 1 heterocycles. The van der Waals surface area contributed by atoms with E-state index < -0.39 is 0 Å². The van der Waals surface area contributed by atoms with Crippen LogP contribution in [-0.4, -0.2) is 18.5 Å². The molecule has 0 radical (unpaired) electrons. The molecule has 0 amide bonds. The third kappa shape index (κ3) is 2.75. The van der Waals surface area contributed by atoms with Crippen LogP contribution in [-0.2, 0) is 0 Å². The zero-order chi connectivity index (χ0) is 5.11. The maximum absolute atomic E-state index is 5.75. The maximum Gasteiger partial charge on any atom is 0.0461 e. The monoisotopic (exact) mass is 155 g/mol. The van der Waals surface area contributed by atoms with Gasteiger partial charge in [-0.1, -0.05) is 0 Å². The molecule has 0 spiro atoms. The summed E-state index contributed by atoms with van der Waals surface area (Å²) in [7, 11) is 0. The topological polar surface area (TPSA) is 12.0 Å². The average molecular weight is 156 g/mol. The van der Waals surface area contributed by atoms with Crippen LogP contribution in [0.15, 0.2) is 0 Å². The van der Waals surface area contributed by atoms with Crippen LogP contribution < -0.4 is 5.32 Å². The first-order valence-electron chi connectivity index (χ1n) is 2.74. The van der Waals surface area contributed by atoms with Crippen molar-refractivity contribution in [2.24, 2.45) is 0 Å². The van der Waals surface area contributed by atoms with E-state index in [0.29, 0.717) is 5.38 Å². The van der Waals surface area contributed by atoms with Gasteiger partial charge in [0.25, 0.3) is 0 Å². The molecule has 1 nitrogen and oxygen atoms in total. The van der Waals surface area contributed by atoms with Gasteiger partial charge in [0.05, 0.1) is 0 Å². The van der Waals surface area contributed by atoms with Gasteiger partial charge in [-0.15, -0.1) is 24.0 Å². The van der Waals surface area contributed by atoms with Gasteiger partial charge in [-0.25, -0.2) is 0 Å². The summed E-state index contributed by atoms with van der Waals surface area (Å²) < 4.78 is 0. The van der Waals surface area contributed by atoms with Crippen LogP contribution in [0, 0.1) is 0 Å². The molecule has 0 aromatic carbocycles. The van der Waals surface area contributed by atoms with Gasteiger partial charge >= 0.3 is 0 Å². The molecular weight excluding hydrogens is 145 g/mol. The number of halogens is 2. The standard InChI is InChI=1S/C5H10ClN.ClH/c6-5-2-1-3-7-4-5;/h5,7H,1-4H2;1H. The van der Waals surface area contributed by atoms with Crippen molar-refractivity contribution in [3.05, 3.63) is 0 Å². The lowest BCUT2D eigenvalue weighted by Crippen LogP contribution is -2.29. The maximum atomic E-state index is 5.75. The quantitative estimate of drug-likeness (QED) is 0.522. The zero-order valence-electron chi connectivity index (χ0n) is 4.69. The van der Waals surface area contributed by atoms with Crippen molar-refractivity contribution in [3.63, 3.8) is 0 Å². The van der Waals surface area contributed by atoms with Gasteiger partial charge in [0.1, 0.15) is 0 Å². The second kappa shape index (κ2) is 4.42. The van der Waals surface area contributed by atoms with Crippen LogP contribution in [0.4, 0.5) is 0 Å². The molecule has 1 saturated heterocycles. The Kier molecular flexibility index (Phi) is 4.72. The van der Waals surface area contributed by atoms with Crippen LogP contribution >= 0.6 is 24.0 Å². The fourth-order valence-electron chi connectivity index (χ4n) is 0.809. The molecular formula is C5H11Cl2N. The van der Waals surface area contributed by atoms with E-state index >= 15 is 0 Å². The lowest BCUT2D eigenvalue weighted by Gasteiger charge is -2.15. The summed E-state index contributed by atoms with van der Waals surface area (Å²) in [5.74, 6) is 0. The van der Waals surface area contributed by atoms with E-state index in [4.69, 9.17) is 11.6 Å². The van der Waals surface area contributed by atoms with E-state index in [0.717, 1.165) is 13.1 Å². The van der Waals surface area contributed by atoms with Crippen molar-refractivity contribution >= 4 is 24.0 Å². The third-order valence-electron chi connectivity index (χ3n) is 1.24. The zero-order valence-corrected chi connectivity index (χ0v) is 6.26. The molecule has 0 aromatic rings. The molecule has 8 heavy (non-hydrogen) atoms. The summed E-state index contributed by atoms with van der Waals surface area (Å²) in [6, 6.07) is 0. The summed E-state index contributed by atoms with van der Waals surface area (Å²) in [5, 5.41) is 3.60. The Morgan fingerprint density at radius 2 is 2.25 bits per heavy atom. The molecule has 0 aliphatic carbocycles. The number of piperidine rings is 1. The summed E-state index contributed by atoms with van der Waals surface area (Å²) in [5.41, 5.74) is 0. The molecule has 1 aliphatic heterocycles. The van der Waals surface area contributed by atoms with E-state index in [-0.39, 0.29) is 12.4 Å². The van der Waals surface area contributed by atoms with E-state index in [9.17, 15) is 0 Å². The predicted molar refractivity (Wildman–Crippen MR) is 39.0 cm³/mol. The first kappa shape index (κ1) is 8.54. The summed E-state index contributed by atoms with van der Waals surface area (Å²) in [6.45, 7) is 2.16. The molecule has 50 valence electrons. The highest BCUT2D eigenvalue weighted by Gasteiger charge is 2.07. The molecule has 1 rings (SSSR count). The van der Waals surface area contributed by atoms with Gasteiger partial charge in [0.2, 0.25) is 0 Å². The minimum absolute atomic E-state index is 0. The fourth-order valence-corrected chi connectivity index (χ4v) is 1.07. The lowest BCUT2D eigenvalue weighted by atomic mass is 10.2. The Hall–Kier alpha value is 0.540. The Labute approximate surface area is 61.2 Å². The molecule has 1 N–H and O–H groups in total. The van der Waals surface area contributed by atoms with Crippen molar-refractivity contribution in [2.45, 2.75) is 18.2 Å². The minimum Gasteiger partial charge on any atom is -0.315 e. The highest BCUT2D eigenvalue weighted by Crippen LogP contribution is 2.06. The lowest BCUT2D eigenvalue weighted by molar-refractivity contribution is 0.526. The van der Waals surface area contributed by atoms with Crippen LogP contribution in [0.3, 0.4) is 0 Å². The second-order valence-corrected chi connectivity index (χ2v) is 2.56. The van der Waals surface area contributed by atoms with Crippen LogP contribution in [0.5, 0.6) is 0 Å². The summed E-state index contributed by atoms with van der Waals surface area (Å²) >= 11 is 5.75. The van der Waals surface area contributed by atoms with E-state index in [2.05, 4.69) is 5.32 Å². The van der Waals surface area contributed by atoms with Crippen molar-refractivity contribution in [2.75, 3.05) is 13.1 Å². The van der Waals surface area contributed by atoms with Gasteiger partial charge in [-0.3, -0.25) is 0 Å². The molecule has 0 bridgehead atoms. The number of alkyl halides is 1. The van der Waals surface area contributed by atoms with Crippen LogP contribution in [0.2, 0.25) is 0 Å². The van der Waals surface area contributed by atoms with Gasteiger partial charge in [0.15, 0.2) is 0 Å². The van der Waals surface area contributed by atoms with Crippen LogP contribution in [0.1, 0.15) is 12.8 Å². The Morgan fingerprint density at radius 3 is 2.50 bits per heavy atom. The van der Waals surface area contributed by atoms with Gasteiger partial charge in [-0.05, 0) is 19.4 Å².